The van der Waals surface area contributed by atoms with Crippen LogP contribution < -0.4 is 0 Å². The summed E-state index contributed by atoms with van der Waals surface area (Å²) in [6, 6.07) is 27.0. The minimum Gasteiger partial charge on any atom is -0.360 e. The third-order valence-corrected chi connectivity index (χ3v) is 7.70. The lowest BCUT2D eigenvalue weighted by Gasteiger charge is -2.10. The third-order valence-electron chi connectivity index (χ3n) is 7.70. The summed E-state index contributed by atoms with van der Waals surface area (Å²) in [5, 5.41) is 31.1. The van der Waals surface area contributed by atoms with E-state index in [9.17, 15) is 15.8 Å². The summed E-state index contributed by atoms with van der Waals surface area (Å²) in [5.41, 5.74) is 4.41. The maximum absolute atomic E-state index is 10.2. The highest BCUT2D eigenvalue weighted by Gasteiger charge is 2.31. The van der Waals surface area contributed by atoms with Crippen LogP contribution in [0.15, 0.2) is 78.5 Å². The second kappa shape index (κ2) is 10.5. The lowest BCUT2D eigenvalue weighted by atomic mass is 9.96. The molecule has 1 aliphatic carbocycles. The lowest BCUT2D eigenvalue weighted by Crippen LogP contribution is -1.96. The van der Waals surface area contributed by atoms with Crippen LogP contribution in [0.25, 0.3) is 75.8 Å². The summed E-state index contributed by atoms with van der Waals surface area (Å²) >= 11 is 0. The number of nitrogens with zero attached hydrogens (tertiary/aromatic N) is 10. The Kier molecular flexibility index (Phi) is 6.19. The lowest BCUT2D eigenvalue weighted by molar-refractivity contribution is 1.20. The van der Waals surface area contributed by atoms with Gasteiger partial charge < -0.3 is 4.85 Å². The van der Waals surface area contributed by atoms with Crippen LogP contribution in [0.4, 0.5) is 11.5 Å². The molecule has 1 aliphatic rings. The van der Waals surface area contributed by atoms with E-state index in [-0.39, 0.29) is 40.1 Å². The van der Waals surface area contributed by atoms with E-state index in [1.165, 1.54) is 0 Å². The maximum atomic E-state index is 10.2. The fourth-order valence-corrected chi connectivity index (χ4v) is 5.68. The molecular formula is C36H12N10. The van der Waals surface area contributed by atoms with E-state index in [1.54, 1.807) is 72.8 Å². The number of para-hydroxylation sites is 2. The third kappa shape index (κ3) is 3.99. The number of hydrogen-bond donors (Lipinski definition) is 0. The van der Waals surface area contributed by atoms with E-state index in [0.717, 1.165) is 0 Å². The molecule has 0 saturated carbocycles. The molecule has 0 aliphatic heterocycles. The van der Waals surface area contributed by atoms with Crippen LogP contribution in [-0.2, 0) is 0 Å². The van der Waals surface area contributed by atoms with Gasteiger partial charge in [-0.05, 0) is 58.7 Å². The number of benzene rings is 4. The minimum atomic E-state index is -0.203. The minimum absolute atomic E-state index is 0.136. The Bertz CT molecular complexity index is 2480. The molecule has 206 valence electrons. The first-order chi connectivity index (χ1) is 22.5. The number of aromatic nitrogens is 4. The predicted molar refractivity (Wildman–Crippen MR) is 169 cm³/mol. The normalized spacial score (nSPS) is 12.0. The highest BCUT2D eigenvalue weighted by molar-refractivity contribution is 6.07. The second-order valence-corrected chi connectivity index (χ2v) is 10.1. The average Bonchev–Trinajstić information content (AvgIpc) is 3.41. The number of fused-ring (bicyclic) bond motifs is 5. The standard InChI is InChI=1S/C36H12N10/c1-40-30-15-26-24(14-27(30)36-43-28-10-6-4-8-20(28)31(17-38)45-36)23-13-22(19(16-37)12-25(23)33(26)32(18-39)41-2)35-44-29-11-7-5-9-21(29)34(42-3)46-35/h4-15H/b33-32-. The van der Waals surface area contributed by atoms with Gasteiger partial charge in [0.2, 0.25) is 0 Å². The van der Waals surface area contributed by atoms with Crippen molar-refractivity contribution in [3.63, 3.8) is 0 Å². The van der Waals surface area contributed by atoms with Crippen molar-refractivity contribution in [2.75, 3.05) is 0 Å². The summed E-state index contributed by atoms with van der Waals surface area (Å²) < 4.78 is 0. The maximum Gasteiger partial charge on any atom is 0.281 e. The van der Waals surface area contributed by atoms with E-state index in [2.05, 4.69) is 46.6 Å². The van der Waals surface area contributed by atoms with E-state index in [1.807, 2.05) is 6.07 Å². The van der Waals surface area contributed by atoms with Crippen molar-refractivity contribution in [3.8, 4) is 52.1 Å². The quantitative estimate of drug-likeness (QED) is 0.149. The molecule has 6 aromatic rings. The summed E-state index contributed by atoms with van der Waals surface area (Å²) in [5.74, 6) is 0.474. The molecule has 2 heterocycles. The zero-order chi connectivity index (χ0) is 31.9. The van der Waals surface area contributed by atoms with Gasteiger partial charge in [0.05, 0.1) is 47.4 Å². The van der Waals surface area contributed by atoms with Gasteiger partial charge >= 0.3 is 0 Å². The van der Waals surface area contributed by atoms with Crippen molar-refractivity contribution in [1.29, 1.82) is 15.8 Å². The summed E-state index contributed by atoms with van der Waals surface area (Å²) in [7, 11) is 0. The van der Waals surface area contributed by atoms with E-state index in [0.29, 0.717) is 60.8 Å². The fourth-order valence-electron chi connectivity index (χ4n) is 5.68. The molecule has 2 aromatic heterocycles. The van der Waals surface area contributed by atoms with Gasteiger partial charge in [0, 0.05) is 21.9 Å². The van der Waals surface area contributed by atoms with Crippen molar-refractivity contribution in [2.45, 2.75) is 0 Å². The molecule has 0 unspecified atom stereocenters. The first kappa shape index (κ1) is 27.1. The molecule has 0 atom stereocenters. The van der Waals surface area contributed by atoms with Crippen molar-refractivity contribution < 1.29 is 0 Å². The summed E-state index contributed by atoms with van der Waals surface area (Å²) in [4.78, 5) is 29.1. The topological polar surface area (TPSA) is 136 Å². The molecule has 46 heavy (non-hydrogen) atoms. The molecule has 0 N–H and O–H groups in total. The van der Waals surface area contributed by atoms with E-state index < -0.39 is 0 Å². The molecule has 0 bridgehead atoms. The smallest absolute Gasteiger partial charge is 0.281 e. The Hall–Kier alpha value is -7.76. The molecule has 7 rings (SSSR count). The number of nitriles is 3. The van der Waals surface area contributed by atoms with Gasteiger partial charge in [-0.3, -0.25) is 0 Å². The van der Waals surface area contributed by atoms with E-state index in [4.69, 9.17) is 19.7 Å². The summed E-state index contributed by atoms with van der Waals surface area (Å²) in [6.45, 7) is 23.4. The Morgan fingerprint density at radius 1 is 0.609 bits per heavy atom. The van der Waals surface area contributed by atoms with Gasteiger partial charge in [0.15, 0.2) is 17.2 Å². The van der Waals surface area contributed by atoms with Crippen LogP contribution >= 0.6 is 0 Å². The first-order valence-electron chi connectivity index (χ1n) is 13.5. The molecule has 4 aromatic carbocycles. The van der Waals surface area contributed by atoms with Crippen molar-refractivity contribution in [2.24, 2.45) is 0 Å². The molecule has 10 nitrogen and oxygen atoms in total. The Morgan fingerprint density at radius 3 is 1.87 bits per heavy atom. The number of allylic oxidation sites excluding steroid dienone is 1. The van der Waals surface area contributed by atoms with Crippen LogP contribution in [0.3, 0.4) is 0 Å². The highest BCUT2D eigenvalue weighted by atomic mass is 15.0. The Labute approximate surface area is 261 Å². The largest absolute Gasteiger partial charge is 0.360 e. The van der Waals surface area contributed by atoms with E-state index >= 15 is 0 Å². The van der Waals surface area contributed by atoms with Crippen LogP contribution in [0.5, 0.6) is 0 Å². The zero-order valence-corrected chi connectivity index (χ0v) is 23.4. The van der Waals surface area contributed by atoms with Crippen LogP contribution in [0, 0.1) is 53.7 Å². The van der Waals surface area contributed by atoms with Crippen LogP contribution in [0.2, 0.25) is 0 Å². The van der Waals surface area contributed by atoms with Gasteiger partial charge in [-0.15, -0.1) is 0 Å². The SMILES string of the molecule is [C-]#[N+]/C(C#N)=C1/c2cc(C#N)c(-c3nc([N+]#[C-])c4ccccc4n3)cc2-c2cc(-c3nc(C#N)c4ccccc4n3)c([N+]#[C-])cc21. The van der Waals surface area contributed by atoms with Gasteiger partial charge in [0.1, 0.15) is 6.07 Å². The Morgan fingerprint density at radius 2 is 1.24 bits per heavy atom. The van der Waals surface area contributed by atoms with Gasteiger partial charge in [-0.1, -0.05) is 48.0 Å². The molecule has 10 heteroatoms. The number of rotatable bonds is 2. The van der Waals surface area contributed by atoms with Crippen molar-refractivity contribution in [1.82, 2.24) is 19.9 Å². The van der Waals surface area contributed by atoms with Gasteiger partial charge in [-0.25, -0.2) is 29.9 Å². The average molecular weight is 585 g/mol. The van der Waals surface area contributed by atoms with Crippen molar-refractivity contribution >= 4 is 38.9 Å². The molecular weight excluding hydrogens is 572 g/mol. The molecule has 0 saturated heterocycles. The first-order valence-corrected chi connectivity index (χ1v) is 13.5. The van der Waals surface area contributed by atoms with Gasteiger partial charge in [0.25, 0.3) is 17.3 Å². The van der Waals surface area contributed by atoms with Crippen LogP contribution in [0.1, 0.15) is 22.4 Å². The van der Waals surface area contributed by atoms with Gasteiger partial charge in [-0.2, -0.15) is 10.5 Å². The fraction of sp³-hybridized carbons (Fsp3) is 0. The Balaban J connectivity index is 1.55. The monoisotopic (exact) mass is 584 g/mol. The molecule has 0 amide bonds. The molecule has 0 fully saturated rings. The zero-order valence-electron chi connectivity index (χ0n) is 23.4. The predicted octanol–water partition coefficient (Wildman–Crippen LogP) is 7.93. The number of hydrogen-bond acceptors (Lipinski definition) is 7. The highest BCUT2D eigenvalue weighted by Crippen LogP contribution is 2.51. The van der Waals surface area contributed by atoms with Crippen molar-refractivity contribution in [3.05, 3.63) is 135 Å². The second-order valence-electron chi connectivity index (χ2n) is 10.1. The molecule has 0 radical (unpaired) electrons. The van der Waals surface area contributed by atoms with Crippen LogP contribution in [-0.4, -0.2) is 19.9 Å². The molecule has 0 spiro atoms. The summed E-state index contributed by atoms with van der Waals surface area (Å²) in [6.07, 6.45) is 0.